The van der Waals surface area contributed by atoms with Gasteiger partial charge in [0.1, 0.15) is 11.5 Å². The molecular formula is C21H53N4S+3. The molecule has 0 spiro atoms. The van der Waals surface area contributed by atoms with Crippen molar-refractivity contribution in [2.24, 2.45) is 5.41 Å². The Kier molecular flexibility index (Phi) is 30.8. The topological polar surface area (TPSA) is 41.0 Å². The van der Waals surface area contributed by atoms with E-state index >= 15 is 0 Å². The number of amidine groups is 1. The highest BCUT2D eigenvalue weighted by atomic mass is 32.2. The third kappa shape index (κ3) is 56.7. The molecule has 0 radical (unpaired) electrons. The van der Waals surface area contributed by atoms with E-state index in [9.17, 15) is 0 Å². The summed E-state index contributed by atoms with van der Waals surface area (Å²) in [6.07, 6.45) is 8.56. The van der Waals surface area contributed by atoms with Crippen molar-refractivity contribution in [3.05, 3.63) is 0 Å². The first kappa shape index (κ1) is 32.9. The predicted octanol–water partition coefficient (Wildman–Crippen LogP) is 2.69. The molecule has 4 nitrogen and oxygen atoms in total. The molecule has 1 aliphatic heterocycles. The largest absolute Gasteiger partial charge is 0.282 e. The number of hydrogen-bond donors (Lipinski definition) is 3. The Balaban J connectivity index is -0.000000119. The first-order valence-electron chi connectivity index (χ1n) is 9.91. The van der Waals surface area contributed by atoms with E-state index in [-0.39, 0.29) is 0 Å². The number of hydrazine groups is 1. The van der Waals surface area contributed by atoms with Crippen LogP contribution >= 0.6 is 0 Å². The zero-order chi connectivity index (χ0) is 21.6. The number of nitrogens with zero attached hydrogens (tertiary/aromatic N) is 1. The summed E-state index contributed by atoms with van der Waals surface area (Å²) in [5.74, 6) is 4.12. The van der Waals surface area contributed by atoms with Crippen molar-refractivity contribution < 1.29 is 9.68 Å². The molecular weight excluding hydrogens is 340 g/mol. The van der Waals surface area contributed by atoms with Gasteiger partial charge in [0.2, 0.25) is 5.84 Å². The van der Waals surface area contributed by atoms with E-state index in [0.29, 0.717) is 5.41 Å². The SMILES string of the molecule is C/C=[N+](\C)NC.CC(C)(C)C.CCC.CNC(C)=[NH+]C.C[S+]1CCCC1. The van der Waals surface area contributed by atoms with Crippen molar-refractivity contribution in [2.75, 3.05) is 46.0 Å². The van der Waals surface area contributed by atoms with Crippen LogP contribution in [-0.2, 0) is 10.9 Å². The zero-order valence-corrected chi connectivity index (χ0v) is 21.3. The van der Waals surface area contributed by atoms with Crippen molar-refractivity contribution >= 4 is 22.9 Å². The molecule has 3 N–H and O–H groups in total. The van der Waals surface area contributed by atoms with E-state index in [1.54, 1.807) is 0 Å². The summed E-state index contributed by atoms with van der Waals surface area (Å²) in [5, 5.41) is 2.92. The van der Waals surface area contributed by atoms with Crippen LogP contribution in [0.2, 0.25) is 0 Å². The molecule has 160 valence electrons. The fourth-order valence-corrected chi connectivity index (χ4v) is 2.65. The van der Waals surface area contributed by atoms with Crippen molar-refractivity contribution in [3.8, 4) is 0 Å². The van der Waals surface area contributed by atoms with E-state index < -0.39 is 0 Å². The molecule has 0 unspecified atom stereocenters. The first-order valence-corrected chi connectivity index (χ1v) is 11.9. The average Bonchev–Trinajstić information content (AvgIpc) is 3.04. The van der Waals surface area contributed by atoms with Gasteiger partial charge in [0, 0.05) is 13.8 Å². The summed E-state index contributed by atoms with van der Waals surface area (Å²) in [5.41, 5.74) is 3.39. The zero-order valence-electron chi connectivity index (χ0n) is 20.5. The Hall–Kier alpha value is -0.710. The quantitative estimate of drug-likeness (QED) is 0.211. The highest BCUT2D eigenvalue weighted by Gasteiger charge is 2.16. The van der Waals surface area contributed by atoms with Crippen LogP contribution < -0.4 is 15.7 Å². The van der Waals surface area contributed by atoms with Crippen LogP contribution in [0, 0.1) is 5.41 Å². The summed E-state index contributed by atoms with van der Waals surface area (Å²) in [6.45, 7) is 16.9. The van der Waals surface area contributed by atoms with Crippen LogP contribution in [0.5, 0.6) is 0 Å². The molecule has 1 saturated heterocycles. The van der Waals surface area contributed by atoms with Gasteiger partial charge in [-0.3, -0.25) is 10.3 Å². The molecule has 0 saturated carbocycles. The van der Waals surface area contributed by atoms with Crippen LogP contribution in [0.1, 0.15) is 74.7 Å². The minimum absolute atomic E-state index is 0.500. The van der Waals surface area contributed by atoms with Crippen LogP contribution in [-0.4, -0.2) is 62.7 Å². The van der Waals surface area contributed by atoms with Gasteiger partial charge in [-0.25, -0.2) is 5.43 Å². The van der Waals surface area contributed by atoms with Crippen LogP contribution in [0.4, 0.5) is 0 Å². The second kappa shape index (κ2) is 24.3. The lowest BCUT2D eigenvalue weighted by molar-refractivity contribution is -0.550. The normalized spacial score (nSPS) is 14.2. The van der Waals surface area contributed by atoms with E-state index in [4.69, 9.17) is 0 Å². The lowest BCUT2D eigenvalue weighted by Crippen LogP contribution is -2.70. The molecule has 1 rings (SSSR count). The molecule has 1 heterocycles. The highest BCUT2D eigenvalue weighted by molar-refractivity contribution is 7.96. The summed E-state index contributed by atoms with van der Waals surface area (Å²) >= 11 is 0. The maximum absolute atomic E-state index is 2.92. The molecule has 5 heteroatoms. The van der Waals surface area contributed by atoms with Crippen molar-refractivity contribution in [1.29, 1.82) is 0 Å². The van der Waals surface area contributed by atoms with Gasteiger partial charge in [-0.05, 0) is 29.2 Å². The standard InChI is InChI=1S/C5H11S.C5H12.C4H11N2.C4H10N2.C3H8/c1-6-4-2-3-5-6;1-5(2,3)4;1-4-6(3)5-2;1-4(5-2)6-3;1-3-2/h2-5H2,1H3;1-4H3;4-5H,1-3H3;1-3H3,(H,5,6);3H2,1-2H3/q+1;;+1;;/p+1/b;;6-4+;;. The van der Waals surface area contributed by atoms with Gasteiger partial charge in [-0.15, -0.1) is 4.68 Å². The van der Waals surface area contributed by atoms with Crippen molar-refractivity contribution in [3.63, 3.8) is 0 Å². The first-order chi connectivity index (χ1) is 11.9. The van der Waals surface area contributed by atoms with Crippen molar-refractivity contribution in [2.45, 2.75) is 74.7 Å². The maximum Gasteiger partial charge on any atom is 0.238 e. The van der Waals surface area contributed by atoms with Gasteiger partial charge < -0.3 is 0 Å². The van der Waals surface area contributed by atoms with E-state index in [2.05, 4.69) is 63.5 Å². The van der Waals surface area contributed by atoms with Crippen LogP contribution in [0.25, 0.3) is 0 Å². The lowest BCUT2D eigenvalue weighted by Gasteiger charge is -2.05. The molecule has 0 aromatic carbocycles. The van der Waals surface area contributed by atoms with Gasteiger partial charge in [0.05, 0.1) is 27.4 Å². The molecule has 0 aliphatic carbocycles. The van der Waals surface area contributed by atoms with E-state index in [1.807, 2.05) is 52.9 Å². The second-order valence-electron chi connectivity index (χ2n) is 7.82. The van der Waals surface area contributed by atoms with Crippen molar-refractivity contribution in [1.82, 2.24) is 10.7 Å². The summed E-state index contributed by atoms with van der Waals surface area (Å²) in [7, 11) is 8.41. The van der Waals surface area contributed by atoms with Crippen LogP contribution in [0.15, 0.2) is 0 Å². The molecule has 0 aromatic heterocycles. The second-order valence-corrected chi connectivity index (χ2v) is 10.2. The van der Waals surface area contributed by atoms with Gasteiger partial charge in [0.15, 0.2) is 13.3 Å². The van der Waals surface area contributed by atoms with E-state index in [0.717, 1.165) is 16.7 Å². The molecule has 1 aliphatic rings. The number of hydrogen-bond acceptors (Lipinski definition) is 1. The summed E-state index contributed by atoms with van der Waals surface area (Å²) in [6, 6.07) is 0. The Morgan fingerprint density at radius 1 is 1.12 bits per heavy atom. The molecule has 1 fully saturated rings. The molecule has 0 amide bonds. The Morgan fingerprint density at radius 3 is 1.50 bits per heavy atom. The summed E-state index contributed by atoms with van der Waals surface area (Å²) in [4.78, 5) is 2.92. The Bertz CT molecular complexity index is 290. The molecule has 0 bridgehead atoms. The molecule has 26 heavy (non-hydrogen) atoms. The number of rotatable bonds is 1. The van der Waals surface area contributed by atoms with Gasteiger partial charge >= 0.3 is 0 Å². The van der Waals surface area contributed by atoms with Crippen LogP contribution in [0.3, 0.4) is 0 Å². The maximum atomic E-state index is 2.92. The third-order valence-electron chi connectivity index (χ3n) is 2.73. The fraction of sp³-hybridized carbons (Fsp3) is 0.905. The monoisotopic (exact) mass is 393 g/mol. The van der Waals surface area contributed by atoms with E-state index in [1.165, 1.54) is 30.8 Å². The number of nitrogens with one attached hydrogen (secondary N) is 3. The molecule has 0 aromatic rings. The Morgan fingerprint density at radius 2 is 1.46 bits per heavy atom. The minimum atomic E-state index is 0.500. The predicted molar refractivity (Wildman–Crippen MR) is 127 cm³/mol. The molecule has 0 atom stereocenters. The smallest absolute Gasteiger partial charge is 0.238 e. The number of hydrazone groups is 1. The van der Waals surface area contributed by atoms with Gasteiger partial charge in [0.25, 0.3) is 0 Å². The minimum Gasteiger partial charge on any atom is -0.282 e. The highest BCUT2D eigenvalue weighted by Crippen LogP contribution is 2.09. The van der Waals surface area contributed by atoms with Gasteiger partial charge in [-0.1, -0.05) is 48.0 Å². The lowest BCUT2D eigenvalue weighted by atomic mass is 10.0. The Labute approximate surface area is 169 Å². The summed E-state index contributed by atoms with van der Waals surface area (Å²) < 4.78 is 1.88. The average molecular weight is 394 g/mol. The third-order valence-corrected chi connectivity index (χ3v) is 4.70. The fourth-order valence-electron chi connectivity index (χ4n) is 1.05. The van der Waals surface area contributed by atoms with Gasteiger partial charge in [-0.2, -0.15) is 0 Å².